The molecule has 0 unspecified atom stereocenters. The number of pyridine rings is 1. The predicted octanol–water partition coefficient (Wildman–Crippen LogP) is 4.64. The summed E-state index contributed by atoms with van der Waals surface area (Å²) in [7, 11) is 1.80. The molecule has 9 nitrogen and oxygen atoms in total. The number of rotatable bonds is 9. The summed E-state index contributed by atoms with van der Waals surface area (Å²) in [6.45, 7) is 10.5. The molecule has 0 fully saturated rings. The summed E-state index contributed by atoms with van der Waals surface area (Å²) in [6, 6.07) is 5.50. The highest BCUT2D eigenvalue weighted by Crippen LogP contribution is 2.24. The summed E-state index contributed by atoms with van der Waals surface area (Å²) < 4.78 is 1.66. The van der Waals surface area contributed by atoms with Gasteiger partial charge in [0.15, 0.2) is 5.13 Å². The van der Waals surface area contributed by atoms with Gasteiger partial charge in [0.25, 0.3) is 0 Å². The molecule has 0 radical (unpaired) electrons. The zero-order valence-corrected chi connectivity index (χ0v) is 21.4. The van der Waals surface area contributed by atoms with Crippen molar-refractivity contribution in [3.8, 4) is 0 Å². The van der Waals surface area contributed by atoms with Crippen molar-refractivity contribution in [1.82, 2.24) is 19.7 Å². The van der Waals surface area contributed by atoms with Gasteiger partial charge in [-0.05, 0) is 30.5 Å². The lowest BCUT2D eigenvalue weighted by Gasteiger charge is -2.17. The summed E-state index contributed by atoms with van der Waals surface area (Å²) >= 11 is 1.45. The molecule has 0 atom stereocenters. The number of nitrogens with zero attached hydrogens (tertiary/aromatic N) is 4. The van der Waals surface area contributed by atoms with Crippen LogP contribution in [0.25, 0.3) is 0 Å². The van der Waals surface area contributed by atoms with Crippen LogP contribution in [-0.4, -0.2) is 38.6 Å². The van der Waals surface area contributed by atoms with E-state index in [4.69, 9.17) is 0 Å². The third-order valence-electron chi connectivity index (χ3n) is 5.19. The van der Waals surface area contributed by atoms with Crippen LogP contribution in [0.4, 0.5) is 21.6 Å². The van der Waals surface area contributed by atoms with Crippen molar-refractivity contribution in [2.75, 3.05) is 22.5 Å². The summed E-state index contributed by atoms with van der Waals surface area (Å²) in [5.41, 5.74) is 1.49. The number of amides is 2. The predicted molar refractivity (Wildman–Crippen MR) is 137 cm³/mol. The topological polar surface area (TPSA) is 114 Å². The number of nitrogens with one attached hydrogen (secondary N) is 3. The van der Waals surface area contributed by atoms with E-state index in [1.54, 1.807) is 24.1 Å². The number of urea groups is 1. The second kappa shape index (κ2) is 10.3. The summed E-state index contributed by atoms with van der Waals surface area (Å²) in [6.07, 6.45) is 6.10. The van der Waals surface area contributed by atoms with Crippen molar-refractivity contribution in [1.29, 1.82) is 0 Å². The molecule has 182 valence electrons. The van der Waals surface area contributed by atoms with E-state index in [-0.39, 0.29) is 11.4 Å². The van der Waals surface area contributed by atoms with Crippen LogP contribution in [0.3, 0.4) is 0 Å². The quantitative estimate of drug-likeness (QED) is 0.382. The highest BCUT2D eigenvalue weighted by molar-refractivity contribution is 7.15. The van der Waals surface area contributed by atoms with Crippen LogP contribution in [-0.2, 0) is 30.1 Å². The number of hydrogen-bond acceptors (Lipinski definition) is 7. The summed E-state index contributed by atoms with van der Waals surface area (Å²) in [5.74, 6) is 1.37. The molecule has 3 heterocycles. The molecular formula is C24H33N7O2S. The molecule has 3 N–H and O–H groups in total. The number of aromatic nitrogens is 4. The fourth-order valence-corrected chi connectivity index (χ4v) is 3.84. The smallest absolute Gasteiger partial charge is 0.326 e. The average Bonchev–Trinajstić information content (AvgIpc) is 3.37. The van der Waals surface area contributed by atoms with Crippen LogP contribution < -0.4 is 16.0 Å². The molecule has 0 bridgehead atoms. The van der Waals surface area contributed by atoms with Crippen molar-refractivity contribution >= 4 is 40.4 Å². The summed E-state index contributed by atoms with van der Waals surface area (Å²) in [5, 5.41) is 13.9. The first-order chi connectivity index (χ1) is 15.9. The maximum Gasteiger partial charge on any atom is 0.326 e. The van der Waals surface area contributed by atoms with Gasteiger partial charge in [-0.1, -0.05) is 34.6 Å². The first-order valence-electron chi connectivity index (χ1n) is 11.2. The first kappa shape index (κ1) is 25.4. The Labute approximate surface area is 204 Å². The van der Waals surface area contributed by atoms with E-state index in [1.165, 1.54) is 11.3 Å². The average molecular weight is 484 g/mol. The van der Waals surface area contributed by atoms with Gasteiger partial charge in [0.2, 0.25) is 0 Å². The fraction of sp³-hybridized carbons (Fsp3) is 0.458. The number of carbonyl (C=O) groups is 2. The molecule has 0 aliphatic rings. The molecule has 34 heavy (non-hydrogen) atoms. The Morgan fingerprint density at radius 1 is 1.12 bits per heavy atom. The third kappa shape index (κ3) is 7.11. The largest absolute Gasteiger partial charge is 0.369 e. The molecule has 0 saturated carbocycles. The van der Waals surface area contributed by atoms with E-state index < -0.39 is 5.41 Å². The van der Waals surface area contributed by atoms with Crippen LogP contribution in [0.1, 0.15) is 50.8 Å². The van der Waals surface area contributed by atoms with E-state index in [0.717, 1.165) is 41.1 Å². The van der Waals surface area contributed by atoms with Gasteiger partial charge in [-0.25, -0.2) is 14.8 Å². The van der Waals surface area contributed by atoms with Crippen LogP contribution in [0.2, 0.25) is 0 Å². The number of anilines is 3. The maximum absolute atomic E-state index is 12.4. The maximum atomic E-state index is 12.4. The van der Waals surface area contributed by atoms with Crippen molar-refractivity contribution < 1.29 is 9.59 Å². The minimum absolute atomic E-state index is 0.101. The molecule has 3 rings (SSSR count). The molecule has 0 spiro atoms. The first-order valence-corrected chi connectivity index (χ1v) is 12.0. The zero-order chi connectivity index (χ0) is 24.9. The Morgan fingerprint density at radius 3 is 2.56 bits per heavy atom. The van der Waals surface area contributed by atoms with E-state index in [0.29, 0.717) is 17.5 Å². The molecule has 0 aliphatic carbocycles. The van der Waals surface area contributed by atoms with E-state index in [9.17, 15) is 9.59 Å². The Bertz CT molecular complexity index is 1140. The van der Waals surface area contributed by atoms with Gasteiger partial charge in [0.05, 0.1) is 5.69 Å². The van der Waals surface area contributed by atoms with Gasteiger partial charge in [-0.3, -0.25) is 15.3 Å². The molecule has 10 heteroatoms. The Morgan fingerprint density at radius 2 is 1.88 bits per heavy atom. The summed E-state index contributed by atoms with van der Waals surface area (Å²) in [4.78, 5) is 33.2. The van der Waals surface area contributed by atoms with E-state index in [1.807, 2.05) is 32.0 Å². The minimum atomic E-state index is -0.443. The van der Waals surface area contributed by atoms with Gasteiger partial charge < -0.3 is 10.1 Å². The normalized spacial score (nSPS) is 11.8. The lowest BCUT2D eigenvalue weighted by molar-refractivity contribution is -0.114. The number of aldehydes is 1. The molecule has 0 aliphatic heterocycles. The van der Waals surface area contributed by atoms with Crippen LogP contribution >= 0.6 is 11.3 Å². The Kier molecular flexibility index (Phi) is 7.71. The zero-order valence-electron chi connectivity index (χ0n) is 20.6. The lowest BCUT2D eigenvalue weighted by Crippen LogP contribution is -2.24. The number of hydrogen-bond donors (Lipinski definition) is 3. The van der Waals surface area contributed by atoms with E-state index >= 15 is 0 Å². The van der Waals surface area contributed by atoms with Gasteiger partial charge >= 0.3 is 6.03 Å². The highest BCUT2D eigenvalue weighted by Gasteiger charge is 2.20. The van der Waals surface area contributed by atoms with Gasteiger partial charge in [-0.15, -0.1) is 11.3 Å². The monoisotopic (exact) mass is 483 g/mol. The van der Waals surface area contributed by atoms with Crippen LogP contribution in [0, 0.1) is 5.41 Å². The molecule has 2 amide bonds. The molecular weight excluding hydrogens is 450 g/mol. The Balaban J connectivity index is 1.52. The number of aryl methyl sites for hydroxylation is 3. The van der Waals surface area contributed by atoms with Crippen molar-refractivity contribution in [2.24, 2.45) is 12.5 Å². The van der Waals surface area contributed by atoms with Gasteiger partial charge in [0.1, 0.15) is 17.9 Å². The lowest BCUT2D eigenvalue weighted by atomic mass is 9.92. The fourth-order valence-electron chi connectivity index (χ4n) is 3.03. The number of carbonyl (C=O) groups excluding carboxylic acids is 2. The second-order valence-corrected chi connectivity index (χ2v) is 11.1. The third-order valence-corrected chi connectivity index (χ3v) is 6.16. The SMILES string of the molecule is Cn1nc(C(C)(C)C)cc1NC(=O)Nc1ncc(CCc2ccnc(NCC(C)(C)C=O)c2)s1. The van der Waals surface area contributed by atoms with Gasteiger partial charge in [0, 0.05) is 47.8 Å². The molecule has 3 aromatic heterocycles. The molecule has 3 aromatic rings. The minimum Gasteiger partial charge on any atom is -0.369 e. The van der Waals surface area contributed by atoms with Crippen LogP contribution in [0.15, 0.2) is 30.6 Å². The van der Waals surface area contributed by atoms with Crippen molar-refractivity contribution in [3.05, 3.63) is 46.7 Å². The van der Waals surface area contributed by atoms with Gasteiger partial charge in [-0.2, -0.15) is 5.10 Å². The van der Waals surface area contributed by atoms with Crippen molar-refractivity contribution in [3.63, 3.8) is 0 Å². The van der Waals surface area contributed by atoms with Crippen molar-refractivity contribution in [2.45, 2.75) is 52.9 Å². The van der Waals surface area contributed by atoms with Crippen LogP contribution in [0.5, 0.6) is 0 Å². The standard InChI is InChI=1S/C24H33N7O2S/c1-23(2,3)18-12-20(31(6)30-18)28-21(33)29-22-26-13-17(34-22)8-7-16-9-10-25-19(11-16)27-14-24(4,5)15-32/h9-13,15H,7-8,14H2,1-6H3,(H,25,27)(H2,26,28,29,33). The van der Waals surface area contributed by atoms with E-state index in [2.05, 4.69) is 51.8 Å². The highest BCUT2D eigenvalue weighted by atomic mass is 32.1. The second-order valence-electron chi connectivity index (χ2n) is 10.0. The molecule has 0 saturated heterocycles. The number of thiazole rings is 1. The Hall–Kier alpha value is -3.27. The molecule has 0 aromatic carbocycles.